The van der Waals surface area contributed by atoms with E-state index in [0.717, 1.165) is 47.8 Å². The van der Waals surface area contributed by atoms with Crippen molar-refractivity contribution in [3.8, 4) is 17.3 Å². The van der Waals surface area contributed by atoms with Crippen LogP contribution in [0.3, 0.4) is 0 Å². The zero-order chi connectivity index (χ0) is 24.8. The first-order valence-electron chi connectivity index (χ1n) is 11.9. The fourth-order valence-electron chi connectivity index (χ4n) is 4.44. The Morgan fingerprint density at radius 2 is 2.03 bits per heavy atom. The lowest BCUT2D eigenvalue weighted by atomic mass is 9.89. The highest BCUT2D eigenvalue weighted by Gasteiger charge is 2.53. The lowest BCUT2D eigenvalue weighted by Gasteiger charge is -2.48. The van der Waals surface area contributed by atoms with Crippen LogP contribution >= 0.6 is 0 Å². The SMILES string of the molecule is C[Si](C)(C)CCOCn1ccc2c(-c3cnn(C4(CC#N)CN(S(=O)(=O)C5CC5)C4)c3)ncnc21. The van der Waals surface area contributed by atoms with Crippen LogP contribution in [0.2, 0.25) is 25.7 Å². The highest BCUT2D eigenvalue weighted by atomic mass is 32.2. The summed E-state index contributed by atoms with van der Waals surface area (Å²) in [5.74, 6) is 0. The molecule has 0 spiro atoms. The molecule has 2 aliphatic rings. The van der Waals surface area contributed by atoms with E-state index in [0.29, 0.717) is 6.73 Å². The van der Waals surface area contributed by atoms with E-state index < -0.39 is 23.6 Å². The number of nitriles is 1. The Morgan fingerprint density at radius 1 is 1.26 bits per heavy atom. The molecule has 1 aliphatic carbocycles. The molecule has 0 unspecified atom stereocenters. The molecular weight excluding hydrogens is 482 g/mol. The first-order valence-corrected chi connectivity index (χ1v) is 17.1. The van der Waals surface area contributed by atoms with E-state index in [-0.39, 0.29) is 24.8 Å². The first-order chi connectivity index (χ1) is 16.6. The van der Waals surface area contributed by atoms with Gasteiger partial charge in [-0.1, -0.05) is 19.6 Å². The molecule has 35 heavy (non-hydrogen) atoms. The molecule has 3 aromatic heterocycles. The molecule has 0 N–H and O–H groups in total. The van der Waals surface area contributed by atoms with Crippen LogP contribution in [0, 0.1) is 11.3 Å². The van der Waals surface area contributed by atoms with Crippen LogP contribution in [0.5, 0.6) is 0 Å². The Morgan fingerprint density at radius 3 is 2.71 bits per heavy atom. The second-order valence-electron chi connectivity index (χ2n) is 10.8. The molecule has 5 rings (SSSR count). The standard InChI is InChI=1S/C23H31N7O3SSi/c1-35(2,3)11-10-33-17-28-9-6-20-21(25-16-26-22(20)28)18-12-27-30(13-18)23(7-8-24)14-29(15-23)34(31,32)19-4-5-19/h6,9,12-13,16,19H,4-5,7,10-11,14-15,17H2,1-3H3. The van der Waals surface area contributed by atoms with E-state index in [1.165, 1.54) is 10.6 Å². The van der Waals surface area contributed by atoms with Crippen LogP contribution in [0.25, 0.3) is 22.3 Å². The fraction of sp³-hybridized carbons (Fsp3) is 0.565. The molecule has 1 saturated carbocycles. The number of hydrogen-bond acceptors (Lipinski definition) is 7. The molecule has 0 radical (unpaired) electrons. The first kappa shape index (κ1) is 24.1. The summed E-state index contributed by atoms with van der Waals surface area (Å²) in [5, 5.41) is 14.6. The maximum Gasteiger partial charge on any atom is 0.217 e. The van der Waals surface area contributed by atoms with E-state index >= 15 is 0 Å². The van der Waals surface area contributed by atoms with Crippen LogP contribution in [-0.2, 0) is 27.0 Å². The van der Waals surface area contributed by atoms with Gasteiger partial charge < -0.3 is 9.30 Å². The number of sulfonamides is 1. The summed E-state index contributed by atoms with van der Waals surface area (Å²) in [6, 6.07) is 5.30. The molecule has 2 fully saturated rings. The highest BCUT2D eigenvalue weighted by Crippen LogP contribution is 2.40. The third-order valence-electron chi connectivity index (χ3n) is 6.78. The van der Waals surface area contributed by atoms with E-state index in [1.54, 1.807) is 10.9 Å². The summed E-state index contributed by atoms with van der Waals surface area (Å²) in [7, 11) is -4.41. The predicted molar refractivity (Wildman–Crippen MR) is 135 cm³/mol. The number of nitrogens with zero attached hydrogens (tertiary/aromatic N) is 7. The van der Waals surface area contributed by atoms with Crippen molar-refractivity contribution in [2.24, 2.45) is 0 Å². The van der Waals surface area contributed by atoms with E-state index in [4.69, 9.17) is 4.74 Å². The molecule has 4 heterocycles. The van der Waals surface area contributed by atoms with E-state index in [1.807, 2.05) is 23.0 Å². The van der Waals surface area contributed by atoms with Gasteiger partial charge in [-0.2, -0.15) is 14.7 Å². The van der Waals surface area contributed by atoms with Crippen molar-refractivity contribution in [1.82, 2.24) is 28.6 Å². The monoisotopic (exact) mass is 513 g/mol. The average Bonchev–Trinajstić information content (AvgIpc) is 3.40. The summed E-state index contributed by atoms with van der Waals surface area (Å²) >= 11 is 0. The summed E-state index contributed by atoms with van der Waals surface area (Å²) in [6.07, 6.45) is 8.71. The van der Waals surface area contributed by atoms with Crippen LogP contribution in [0.4, 0.5) is 0 Å². The second kappa shape index (κ2) is 8.81. The number of fused-ring (bicyclic) bond motifs is 1. The second-order valence-corrected chi connectivity index (χ2v) is 18.7. The molecule has 0 amide bonds. The van der Waals surface area contributed by atoms with Crippen LogP contribution < -0.4 is 0 Å². The van der Waals surface area contributed by atoms with E-state index in [2.05, 4.69) is 40.8 Å². The zero-order valence-corrected chi connectivity index (χ0v) is 22.2. The van der Waals surface area contributed by atoms with Crippen molar-refractivity contribution in [3.63, 3.8) is 0 Å². The number of hydrogen-bond donors (Lipinski definition) is 0. The molecule has 0 bridgehead atoms. The normalized spacial score (nSPS) is 18.5. The number of rotatable bonds is 10. The molecule has 1 saturated heterocycles. The Hall–Kier alpha value is -2.59. The summed E-state index contributed by atoms with van der Waals surface area (Å²) in [4.78, 5) is 8.97. The van der Waals surface area contributed by atoms with Gasteiger partial charge in [0.15, 0.2) is 0 Å². The van der Waals surface area contributed by atoms with Gasteiger partial charge in [-0.15, -0.1) is 0 Å². The molecule has 3 aromatic rings. The maximum atomic E-state index is 12.6. The quantitative estimate of drug-likeness (QED) is 0.302. The van der Waals surface area contributed by atoms with Crippen LogP contribution in [0.1, 0.15) is 19.3 Å². The van der Waals surface area contributed by atoms with Gasteiger partial charge in [-0.05, 0) is 25.0 Å². The molecule has 12 heteroatoms. The summed E-state index contributed by atoms with van der Waals surface area (Å²) in [5.41, 5.74) is 1.68. The van der Waals surface area contributed by atoms with Crippen molar-refractivity contribution in [2.45, 2.75) is 62.5 Å². The van der Waals surface area contributed by atoms with Gasteiger partial charge in [0.05, 0.1) is 29.6 Å². The van der Waals surface area contributed by atoms with Crippen molar-refractivity contribution >= 4 is 29.1 Å². The van der Waals surface area contributed by atoms with Gasteiger partial charge in [0.25, 0.3) is 0 Å². The van der Waals surface area contributed by atoms with Gasteiger partial charge in [0, 0.05) is 51.1 Å². The van der Waals surface area contributed by atoms with Gasteiger partial charge in [-0.3, -0.25) is 4.68 Å². The van der Waals surface area contributed by atoms with Crippen molar-refractivity contribution in [2.75, 3.05) is 19.7 Å². The minimum Gasteiger partial charge on any atom is -0.361 e. The van der Waals surface area contributed by atoms with Gasteiger partial charge in [0.1, 0.15) is 24.2 Å². The third kappa shape index (κ3) is 4.65. The van der Waals surface area contributed by atoms with Crippen molar-refractivity contribution in [1.29, 1.82) is 5.26 Å². The topological polar surface area (TPSA) is 119 Å². The minimum absolute atomic E-state index is 0.190. The van der Waals surface area contributed by atoms with Gasteiger partial charge in [-0.25, -0.2) is 18.4 Å². The van der Waals surface area contributed by atoms with Crippen molar-refractivity contribution in [3.05, 3.63) is 31.0 Å². The van der Waals surface area contributed by atoms with Crippen LogP contribution in [0.15, 0.2) is 31.0 Å². The molecule has 0 aromatic carbocycles. The van der Waals surface area contributed by atoms with Crippen molar-refractivity contribution < 1.29 is 13.2 Å². The Kier molecular flexibility index (Phi) is 6.07. The summed E-state index contributed by atoms with van der Waals surface area (Å²) in [6.45, 7) is 8.68. The van der Waals surface area contributed by atoms with E-state index in [9.17, 15) is 13.7 Å². The smallest absolute Gasteiger partial charge is 0.217 e. The van der Waals surface area contributed by atoms with Gasteiger partial charge >= 0.3 is 0 Å². The Labute approximate surface area is 206 Å². The third-order valence-corrected chi connectivity index (χ3v) is 10.8. The largest absolute Gasteiger partial charge is 0.361 e. The molecule has 1 aliphatic heterocycles. The van der Waals surface area contributed by atoms with Crippen LogP contribution in [-0.4, -0.2) is 70.1 Å². The molecular formula is C23H31N7O3SSi. The lowest BCUT2D eigenvalue weighted by Crippen LogP contribution is -2.64. The molecule has 0 atom stereocenters. The van der Waals surface area contributed by atoms with Gasteiger partial charge in [0.2, 0.25) is 10.0 Å². The summed E-state index contributed by atoms with van der Waals surface area (Å²) < 4.78 is 36.3. The number of aromatic nitrogens is 5. The average molecular weight is 514 g/mol. The molecule has 186 valence electrons. The zero-order valence-electron chi connectivity index (χ0n) is 20.4. The predicted octanol–water partition coefficient (Wildman–Crippen LogP) is 3.02. The minimum atomic E-state index is -3.27. The molecule has 10 nitrogen and oxygen atoms in total. The highest BCUT2D eigenvalue weighted by molar-refractivity contribution is 7.90. The number of ether oxygens (including phenoxy) is 1. The lowest BCUT2D eigenvalue weighted by molar-refractivity contribution is 0.0716. The fourth-order valence-corrected chi connectivity index (χ4v) is 7.19. The maximum absolute atomic E-state index is 12.6. The Balaban J connectivity index is 1.35. The Bertz CT molecular complexity index is 1380.